The van der Waals surface area contributed by atoms with Gasteiger partial charge < -0.3 is 20.1 Å². The van der Waals surface area contributed by atoms with E-state index >= 15 is 0 Å². The lowest BCUT2D eigenvalue weighted by molar-refractivity contribution is -0.154. The zero-order chi connectivity index (χ0) is 21.9. The first-order chi connectivity index (χ1) is 14.4. The van der Waals surface area contributed by atoms with E-state index in [0.717, 1.165) is 0 Å². The predicted molar refractivity (Wildman–Crippen MR) is 123 cm³/mol. The Hall–Kier alpha value is -2.35. The second-order valence-corrected chi connectivity index (χ2v) is 7.25. The largest absolute Gasteiger partial charge is 0.466 e. The molecule has 0 radical (unpaired) electrons. The highest BCUT2D eigenvalue weighted by molar-refractivity contribution is 7.78. The standard InChI is InChI=1S/C21H22Cl2N2O4S/c1-2-28-19(26)11-15(12-24-13-30)29-20(27)10-14-6-3-4-9-18(14)25-21-16(22)7-5-8-17(21)23/h3-9,13,15,25H,2,10-12H2,1H3,(H,24,30). The van der Waals surface area contributed by atoms with E-state index < -0.39 is 18.0 Å². The van der Waals surface area contributed by atoms with E-state index in [-0.39, 0.29) is 26.0 Å². The molecular formula is C21H22Cl2N2O4S. The number of nitrogens with one attached hydrogen (secondary N) is 2. The van der Waals surface area contributed by atoms with Crippen LogP contribution >= 0.6 is 35.4 Å². The summed E-state index contributed by atoms with van der Waals surface area (Å²) in [7, 11) is 0. The molecule has 2 rings (SSSR count). The molecule has 0 spiro atoms. The Balaban J connectivity index is 2.10. The molecule has 9 heteroatoms. The van der Waals surface area contributed by atoms with Crippen molar-refractivity contribution < 1.29 is 19.1 Å². The van der Waals surface area contributed by atoms with Crippen LogP contribution in [-0.2, 0) is 25.5 Å². The van der Waals surface area contributed by atoms with Crippen molar-refractivity contribution in [2.45, 2.75) is 25.9 Å². The Morgan fingerprint density at radius 3 is 2.47 bits per heavy atom. The monoisotopic (exact) mass is 468 g/mol. The molecule has 2 aromatic carbocycles. The van der Waals surface area contributed by atoms with Crippen molar-refractivity contribution in [2.24, 2.45) is 0 Å². The maximum atomic E-state index is 12.5. The fourth-order valence-electron chi connectivity index (χ4n) is 2.67. The molecule has 0 heterocycles. The van der Waals surface area contributed by atoms with Crippen molar-refractivity contribution >= 4 is 64.2 Å². The lowest BCUT2D eigenvalue weighted by Crippen LogP contribution is -2.33. The third-order valence-corrected chi connectivity index (χ3v) is 4.80. The van der Waals surface area contributed by atoms with E-state index in [9.17, 15) is 9.59 Å². The Bertz CT molecular complexity index is 875. The highest BCUT2D eigenvalue weighted by Crippen LogP contribution is 2.33. The average Bonchev–Trinajstić information content (AvgIpc) is 2.70. The first-order valence-corrected chi connectivity index (χ1v) is 10.5. The molecule has 0 bridgehead atoms. The van der Waals surface area contributed by atoms with Crippen LogP contribution in [0, 0.1) is 0 Å². The minimum Gasteiger partial charge on any atom is -0.466 e. The van der Waals surface area contributed by atoms with Crippen LogP contribution in [0.3, 0.4) is 0 Å². The molecule has 2 N–H and O–H groups in total. The van der Waals surface area contributed by atoms with Crippen LogP contribution in [-0.4, -0.2) is 36.7 Å². The number of anilines is 2. The molecule has 1 unspecified atom stereocenters. The summed E-state index contributed by atoms with van der Waals surface area (Å²) in [6.45, 7) is 2.18. The number of thiocarbonyl (C=S) groups is 1. The van der Waals surface area contributed by atoms with Gasteiger partial charge in [0.15, 0.2) is 0 Å². The van der Waals surface area contributed by atoms with Gasteiger partial charge in [-0.1, -0.05) is 59.7 Å². The van der Waals surface area contributed by atoms with Crippen LogP contribution in [0.1, 0.15) is 18.9 Å². The summed E-state index contributed by atoms with van der Waals surface area (Å²) in [5, 5.41) is 6.88. The number of esters is 2. The van der Waals surface area contributed by atoms with Gasteiger partial charge in [-0.05, 0) is 30.7 Å². The molecule has 2 aromatic rings. The maximum Gasteiger partial charge on any atom is 0.310 e. The van der Waals surface area contributed by atoms with Crippen molar-refractivity contribution in [3.8, 4) is 0 Å². The van der Waals surface area contributed by atoms with Gasteiger partial charge in [-0.15, -0.1) is 0 Å². The van der Waals surface area contributed by atoms with Gasteiger partial charge in [0.2, 0.25) is 0 Å². The predicted octanol–water partition coefficient (Wildman–Crippen LogP) is 4.69. The van der Waals surface area contributed by atoms with Gasteiger partial charge in [-0.2, -0.15) is 0 Å². The molecule has 0 aliphatic heterocycles. The zero-order valence-electron chi connectivity index (χ0n) is 16.3. The normalized spacial score (nSPS) is 11.3. The van der Waals surface area contributed by atoms with Gasteiger partial charge in [-0.25, -0.2) is 0 Å². The van der Waals surface area contributed by atoms with Crippen LogP contribution in [0.4, 0.5) is 11.4 Å². The van der Waals surface area contributed by atoms with E-state index in [1.807, 2.05) is 18.2 Å². The van der Waals surface area contributed by atoms with Crippen molar-refractivity contribution in [1.29, 1.82) is 0 Å². The van der Waals surface area contributed by atoms with Gasteiger partial charge in [0, 0.05) is 5.69 Å². The summed E-state index contributed by atoms with van der Waals surface area (Å²) in [6, 6.07) is 12.4. The number of para-hydroxylation sites is 2. The van der Waals surface area contributed by atoms with Gasteiger partial charge >= 0.3 is 11.9 Å². The van der Waals surface area contributed by atoms with Gasteiger partial charge in [0.1, 0.15) is 6.10 Å². The van der Waals surface area contributed by atoms with Crippen LogP contribution < -0.4 is 10.6 Å². The number of halogens is 2. The second kappa shape index (κ2) is 12.4. The number of hydrogen-bond donors (Lipinski definition) is 2. The van der Waals surface area contributed by atoms with Gasteiger partial charge in [0.05, 0.1) is 47.2 Å². The number of hydrogen-bond acceptors (Lipinski definition) is 6. The summed E-state index contributed by atoms with van der Waals surface area (Å²) >= 11 is 17.2. The fraction of sp³-hybridized carbons (Fsp3) is 0.286. The number of carbonyl (C=O) groups excluding carboxylic acids is 2. The SMILES string of the molecule is CCOC(=O)CC(CNC=S)OC(=O)Cc1ccccc1Nc1c(Cl)cccc1Cl. The molecule has 0 aliphatic rings. The minimum atomic E-state index is -0.700. The number of carbonyl (C=O) groups is 2. The Morgan fingerprint density at radius 2 is 1.80 bits per heavy atom. The molecule has 6 nitrogen and oxygen atoms in total. The van der Waals surface area contributed by atoms with Gasteiger partial charge in [-0.3, -0.25) is 9.59 Å². The summed E-state index contributed by atoms with van der Waals surface area (Å²) in [5.74, 6) is -0.938. The van der Waals surface area contributed by atoms with Crippen LogP contribution in [0.25, 0.3) is 0 Å². The zero-order valence-corrected chi connectivity index (χ0v) is 18.7. The van der Waals surface area contributed by atoms with E-state index in [1.54, 1.807) is 31.2 Å². The second-order valence-electron chi connectivity index (χ2n) is 6.20. The first kappa shape index (κ1) is 23.9. The molecule has 0 aliphatic carbocycles. The molecular weight excluding hydrogens is 447 g/mol. The molecule has 0 amide bonds. The Morgan fingerprint density at radius 1 is 1.10 bits per heavy atom. The Labute approximate surface area is 190 Å². The minimum absolute atomic E-state index is 0.0117. The summed E-state index contributed by atoms with van der Waals surface area (Å²) in [5.41, 5.74) is 3.21. The summed E-state index contributed by atoms with van der Waals surface area (Å²) < 4.78 is 10.4. The van der Waals surface area contributed by atoms with Crippen LogP contribution in [0.2, 0.25) is 10.0 Å². The molecule has 30 heavy (non-hydrogen) atoms. The van der Waals surface area contributed by atoms with E-state index in [0.29, 0.717) is 27.0 Å². The first-order valence-electron chi connectivity index (χ1n) is 9.25. The highest BCUT2D eigenvalue weighted by atomic mass is 35.5. The molecule has 1 atom stereocenters. The van der Waals surface area contributed by atoms with E-state index in [1.165, 1.54) is 5.49 Å². The third kappa shape index (κ3) is 7.48. The quantitative estimate of drug-likeness (QED) is 0.365. The fourth-order valence-corrected chi connectivity index (χ4v) is 3.26. The highest BCUT2D eigenvalue weighted by Gasteiger charge is 2.20. The van der Waals surface area contributed by atoms with Crippen LogP contribution in [0.15, 0.2) is 42.5 Å². The lowest BCUT2D eigenvalue weighted by atomic mass is 10.1. The van der Waals surface area contributed by atoms with Crippen molar-refractivity contribution in [1.82, 2.24) is 5.32 Å². The number of benzene rings is 2. The van der Waals surface area contributed by atoms with Crippen LogP contribution in [0.5, 0.6) is 0 Å². The Kier molecular flexibility index (Phi) is 9.86. The summed E-state index contributed by atoms with van der Waals surface area (Å²) in [6.07, 6.45) is -0.776. The molecule has 0 fully saturated rings. The van der Waals surface area contributed by atoms with Crippen molar-refractivity contribution in [3.05, 3.63) is 58.1 Å². The molecule has 0 saturated heterocycles. The average molecular weight is 469 g/mol. The number of rotatable bonds is 11. The molecule has 0 saturated carbocycles. The van der Waals surface area contributed by atoms with Crippen molar-refractivity contribution in [2.75, 3.05) is 18.5 Å². The van der Waals surface area contributed by atoms with E-state index in [2.05, 4.69) is 10.6 Å². The van der Waals surface area contributed by atoms with E-state index in [4.69, 9.17) is 44.9 Å². The third-order valence-electron chi connectivity index (χ3n) is 4.00. The lowest BCUT2D eigenvalue weighted by Gasteiger charge is -2.18. The summed E-state index contributed by atoms with van der Waals surface area (Å²) in [4.78, 5) is 24.3. The maximum absolute atomic E-state index is 12.5. The topological polar surface area (TPSA) is 76.7 Å². The smallest absolute Gasteiger partial charge is 0.310 e. The van der Waals surface area contributed by atoms with Crippen molar-refractivity contribution in [3.63, 3.8) is 0 Å². The molecule has 160 valence electrons. The number of ether oxygens (including phenoxy) is 2. The molecule has 0 aromatic heterocycles. The van der Waals surface area contributed by atoms with Gasteiger partial charge in [0.25, 0.3) is 0 Å².